The summed E-state index contributed by atoms with van der Waals surface area (Å²) >= 11 is 0. The Balaban J connectivity index is 1.36. The molecule has 190 valence electrons. The molecule has 4 aromatic rings. The number of anilines is 2. The number of amides is 3. The maximum Gasteiger partial charge on any atom is 0.329 e. The molecule has 0 spiro atoms. The van der Waals surface area contributed by atoms with E-state index >= 15 is 0 Å². The summed E-state index contributed by atoms with van der Waals surface area (Å²) in [6.45, 7) is 2.29. The van der Waals surface area contributed by atoms with Crippen molar-refractivity contribution in [2.75, 3.05) is 10.6 Å². The Bertz CT molecular complexity index is 1470. The Morgan fingerprint density at radius 1 is 0.789 bits per heavy atom. The molecule has 0 heterocycles. The van der Waals surface area contributed by atoms with Crippen molar-refractivity contribution in [2.45, 2.75) is 13.5 Å². The minimum Gasteiger partial charge on any atom is -0.488 e. The van der Waals surface area contributed by atoms with Crippen LogP contribution in [0.1, 0.15) is 27.0 Å². The highest BCUT2D eigenvalue weighted by Gasteiger charge is 2.18. The highest BCUT2D eigenvalue weighted by atomic mass is 16.5. The van der Waals surface area contributed by atoms with E-state index < -0.39 is 17.7 Å². The molecule has 0 saturated heterocycles. The summed E-state index contributed by atoms with van der Waals surface area (Å²) in [7, 11) is 0. The first kappa shape index (κ1) is 25.8. The van der Waals surface area contributed by atoms with Crippen molar-refractivity contribution in [1.29, 1.82) is 0 Å². The van der Waals surface area contributed by atoms with Crippen LogP contribution in [0.3, 0.4) is 0 Å². The molecule has 3 N–H and O–H groups in total. The number of ether oxygens (including phenoxy) is 1. The van der Waals surface area contributed by atoms with Crippen LogP contribution >= 0.6 is 0 Å². The van der Waals surface area contributed by atoms with Gasteiger partial charge in [-0.05, 0) is 54.4 Å². The van der Waals surface area contributed by atoms with Crippen LogP contribution in [0, 0.1) is 6.92 Å². The van der Waals surface area contributed by atoms with E-state index in [1.807, 2.05) is 67.6 Å². The molecule has 4 rings (SSSR count). The SMILES string of the molecule is Cc1cccc(NC(=O)c2ccccc2NC(=O)C(=O)N/N=C/c2ccccc2OCc2ccccc2)c1. The zero-order valence-corrected chi connectivity index (χ0v) is 20.7. The van der Waals surface area contributed by atoms with Gasteiger partial charge in [0, 0.05) is 11.3 Å². The normalized spacial score (nSPS) is 10.6. The van der Waals surface area contributed by atoms with Crippen molar-refractivity contribution in [3.8, 4) is 5.75 Å². The van der Waals surface area contributed by atoms with Gasteiger partial charge in [-0.15, -0.1) is 0 Å². The van der Waals surface area contributed by atoms with Crippen LogP contribution in [0.25, 0.3) is 0 Å². The molecule has 0 unspecified atom stereocenters. The van der Waals surface area contributed by atoms with E-state index in [0.29, 0.717) is 23.6 Å². The molecule has 0 aromatic heterocycles. The summed E-state index contributed by atoms with van der Waals surface area (Å²) in [6, 6.07) is 30.7. The molecule has 0 aliphatic carbocycles. The lowest BCUT2D eigenvalue weighted by molar-refractivity contribution is -0.136. The summed E-state index contributed by atoms with van der Waals surface area (Å²) in [5, 5.41) is 9.17. The number of para-hydroxylation sites is 2. The Morgan fingerprint density at radius 3 is 2.34 bits per heavy atom. The van der Waals surface area contributed by atoms with E-state index in [-0.39, 0.29) is 11.3 Å². The number of hydrazone groups is 1. The minimum absolute atomic E-state index is 0.196. The second-order valence-corrected chi connectivity index (χ2v) is 8.33. The molecule has 3 amide bonds. The smallest absolute Gasteiger partial charge is 0.329 e. The third kappa shape index (κ3) is 7.14. The molecule has 0 aliphatic heterocycles. The Kier molecular flexibility index (Phi) is 8.60. The first-order valence-corrected chi connectivity index (χ1v) is 11.9. The second kappa shape index (κ2) is 12.6. The van der Waals surface area contributed by atoms with Gasteiger partial charge in [-0.3, -0.25) is 14.4 Å². The van der Waals surface area contributed by atoms with Crippen LogP contribution < -0.4 is 20.8 Å². The topological polar surface area (TPSA) is 109 Å². The highest BCUT2D eigenvalue weighted by Crippen LogP contribution is 2.19. The predicted molar refractivity (Wildman–Crippen MR) is 147 cm³/mol. The zero-order valence-electron chi connectivity index (χ0n) is 20.7. The van der Waals surface area contributed by atoms with E-state index in [1.54, 1.807) is 42.5 Å². The van der Waals surface area contributed by atoms with Crippen molar-refractivity contribution < 1.29 is 19.1 Å². The fraction of sp³-hybridized carbons (Fsp3) is 0.0667. The van der Waals surface area contributed by atoms with Gasteiger partial charge in [-0.25, -0.2) is 5.43 Å². The summed E-state index contributed by atoms with van der Waals surface area (Å²) in [5.74, 6) is -1.80. The van der Waals surface area contributed by atoms with Gasteiger partial charge in [0.25, 0.3) is 5.91 Å². The summed E-state index contributed by atoms with van der Waals surface area (Å²) in [6.07, 6.45) is 1.40. The van der Waals surface area contributed by atoms with Crippen LogP contribution in [-0.2, 0) is 16.2 Å². The standard InChI is InChI=1S/C30H26N4O4/c1-21-10-9-14-24(18-21)32-28(35)25-15-6-7-16-26(25)33-29(36)30(37)34-31-19-23-13-5-8-17-27(23)38-20-22-11-3-2-4-12-22/h2-19H,20H2,1H3,(H,32,35)(H,33,36)(H,34,37)/b31-19+. The van der Waals surface area contributed by atoms with Crippen LogP contribution in [0.2, 0.25) is 0 Å². The quantitative estimate of drug-likeness (QED) is 0.179. The van der Waals surface area contributed by atoms with E-state index in [0.717, 1.165) is 11.1 Å². The van der Waals surface area contributed by atoms with Gasteiger partial charge in [0.1, 0.15) is 12.4 Å². The van der Waals surface area contributed by atoms with Crippen LogP contribution in [0.5, 0.6) is 5.75 Å². The number of carbonyl (C=O) groups is 3. The summed E-state index contributed by atoms with van der Waals surface area (Å²) < 4.78 is 5.87. The van der Waals surface area contributed by atoms with E-state index in [9.17, 15) is 14.4 Å². The van der Waals surface area contributed by atoms with Gasteiger partial charge < -0.3 is 15.4 Å². The lowest BCUT2D eigenvalue weighted by Gasteiger charge is -2.11. The summed E-state index contributed by atoms with van der Waals surface area (Å²) in [5.41, 5.74) is 5.87. The maximum atomic E-state index is 12.8. The molecule has 4 aromatic carbocycles. The number of hydrogen-bond acceptors (Lipinski definition) is 5. The Morgan fingerprint density at radius 2 is 1.53 bits per heavy atom. The third-order valence-electron chi connectivity index (χ3n) is 5.43. The second-order valence-electron chi connectivity index (χ2n) is 8.33. The van der Waals surface area contributed by atoms with Crippen molar-refractivity contribution in [1.82, 2.24) is 5.43 Å². The Labute approximate surface area is 220 Å². The van der Waals surface area contributed by atoms with Gasteiger partial charge in [0.15, 0.2) is 0 Å². The van der Waals surface area contributed by atoms with Crippen LogP contribution in [0.4, 0.5) is 11.4 Å². The highest BCUT2D eigenvalue weighted by molar-refractivity contribution is 6.40. The largest absolute Gasteiger partial charge is 0.488 e. The van der Waals surface area contributed by atoms with Gasteiger partial charge >= 0.3 is 11.8 Å². The minimum atomic E-state index is -0.988. The van der Waals surface area contributed by atoms with Gasteiger partial charge in [-0.1, -0.05) is 66.7 Å². The molecule has 0 atom stereocenters. The fourth-order valence-electron chi connectivity index (χ4n) is 3.56. The molecule has 0 aliphatic rings. The van der Waals surface area contributed by atoms with Crippen molar-refractivity contribution in [3.63, 3.8) is 0 Å². The molecule has 8 heteroatoms. The zero-order chi connectivity index (χ0) is 26.7. The first-order valence-electron chi connectivity index (χ1n) is 11.9. The van der Waals surface area contributed by atoms with Crippen LogP contribution in [-0.4, -0.2) is 23.9 Å². The fourth-order valence-corrected chi connectivity index (χ4v) is 3.56. The summed E-state index contributed by atoms with van der Waals surface area (Å²) in [4.78, 5) is 37.7. The number of nitrogens with zero attached hydrogens (tertiary/aromatic N) is 1. The average molecular weight is 507 g/mol. The number of carbonyl (C=O) groups excluding carboxylic acids is 3. The maximum absolute atomic E-state index is 12.8. The molecule has 0 radical (unpaired) electrons. The average Bonchev–Trinajstić information content (AvgIpc) is 2.93. The monoisotopic (exact) mass is 506 g/mol. The lowest BCUT2D eigenvalue weighted by atomic mass is 10.1. The van der Waals surface area contributed by atoms with E-state index in [1.165, 1.54) is 6.21 Å². The number of hydrogen-bond donors (Lipinski definition) is 3. The number of nitrogens with one attached hydrogen (secondary N) is 3. The van der Waals surface area contributed by atoms with Gasteiger partial charge in [-0.2, -0.15) is 5.10 Å². The first-order chi connectivity index (χ1) is 18.5. The molecular formula is C30H26N4O4. The third-order valence-corrected chi connectivity index (χ3v) is 5.43. The number of aryl methyl sites for hydroxylation is 1. The number of rotatable bonds is 8. The Hall–Kier alpha value is -5.24. The molecule has 0 saturated carbocycles. The van der Waals surface area contributed by atoms with Crippen molar-refractivity contribution in [2.24, 2.45) is 5.10 Å². The lowest BCUT2D eigenvalue weighted by Crippen LogP contribution is -2.33. The molecule has 38 heavy (non-hydrogen) atoms. The predicted octanol–water partition coefficient (Wildman–Crippen LogP) is 4.92. The molecular weight excluding hydrogens is 480 g/mol. The number of benzene rings is 4. The van der Waals surface area contributed by atoms with Gasteiger partial charge in [0.05, 0.1) is 17.5 Å². The van der Waals surface area contributed by atoms with Crippen molar-refractivity contribution >= 4 is 35.3 Å². The van der Waals surface area contributed by atoms with Gasteiger partial charge in [0.2, 0.25) is 0 Å². The molecule has 0 bridgehead atoms. The molecule has 0 fully saturated rings. The van der Waals surface area contributed by atoms with E-state index in [4.69, 9.17) is 4.74 Å². The van der Waals surface area contributed by atoms with Crippen LogP contribution in [0.15, 0.2) is 108 Å². The van der Waals surface area contributed by atoms with E-state index in [2.05, 4.69) is 21.2 Å². The van der Waals surface area contributed by atoms with Crippen molar-refractivity contribution in [3.05, 3.63) is 125 Å². The molecule has 8 nitrogen and oxygen atoms in total.